The number of hydrogen-bond donors (Lipinski definition) is 1. The lowest BCUT2D eigenvalue weighted by atomic mass is 10.0. The van der Waals surface area contributed by atoms with Crippen molar-refractivity contribution in [2.75, 3.05) is 20.3 Å². The van der Waals surface area contributed by atoms with Crippen LogP contribution in [-0.2, 0) is 19.6 Å². The van der Waals surface area contributed by atoms with Gasteiger partial charge in [-0.25, -0.2) is 8.42 Å². The Balaban J connectivity index is 2.03. The molecule has 134 valence electrons. The highest BCUT2D eigenvalue weighted by atomic mass is 35.5. The molecule has 1 aliphatic rings. The van der Waals surface area contributed by atoms with Gasteiger partial charge in [0.25, 0.3) is 0 Å². The lowest BCUT2D eigenvalue weighted by molar-refractivity contribution is -0.127. The monoisotopic (exact) mass is 383 g/mol. The third-order valence-corrected chi connectivity index (χ3v) is 6.62. The van der Waals surface area contributed by atoms with E-state index >= 15 is 0 Å². The van der Waals surface area contributed by atoms with E-state index < -0.39 is 22.1 Å². The number of nitrogens with two attached hydrogens (primary N) is 1. The van der Waals surface area contributed by atoms with Gasteiger partial charge >= 0.3 is 0 Å². The number of methoxy groups -OCH3 is 1. The van der Waals surface area contributed by atoms with E-state index in [0.717, 1.165) is 4.31 Å². The standard InChI is InChI=1S/C16H18ClN3O4S/c1-24-9-13(21)11-5-6-20(16(11)18)25(22,23)14-4-2-3-10-7-19-8-12(17)15(10)14/h2-4,7-8,11,16H,5-6,9,18H2,1H3/t11?,16-/m1/s1. The summed E-state index contributed by atoms with van der Waals surface area (Å²) in [5.74, 6) is -0.783. The molecule has 3 rings (SSSR count). The van der Waals surface area contributed by atoms with Crippen LogP contribution in [0.1, 0.15) is 6.42 Å². The van der Waals surface area contributed by atoms with Crippen molar-refractivity contribution < 1.29 is 17.9 Å². The average molecular weight is 384 g/mol. The van der Waals surface area contributed by atoms with Crippen LogP contribution >= 0.6 is 11.6 Å². The molecular weight excluding hydrogens is 366 g/mol. The number of Topliss-reactive ketones (excluding diaryl/α,β-unsaturated/α-hetero) is 1. The molecule has 0 bridgehead atoms. The number of sulfonamides is 1. The molecule has 0 amide bonds. The van der Waals surface area contributed by atoms with Crippen LogP contribution in [0.2, 0.25) is 5.02 Å². The molecule has 0 spiro atoms. The van der Waals surface area contributed by atoms with E-state index in [-0.39, 0.29) is 28.9 Å². The van der Waals surface area contributed by atoms with Crippen molar-refractivity contribution in [3.63, 3.8) is 0 Å². The van der Waals surface area contributed by atoms with Crippen LogP contribution < -0.4 is 5.73 Å². The van der Waals surface area contributed by atoms with Crippen LogP contribution in [0.3, 0.4) is 0 Å². The van der Waals surface area contributed by atoms with Gasteiger partial charge < -0.3 is 10.5 Å². The summed E-state index contributed by atoms with van der Waals surface area (Å²) in [6.07, 6.45) is 2.39. The molecule has 2 atom stereocenters. The van der Waals surface area contributed by atoms with Crippen molar-refractivity contribution in [1.82, 2.24) is 9.29 Å². The molecule has 0 radical (unpaired) electrons. The van der Waals surface area contributed by atoms with E-state index in [2.05, 4.69) is 4.98 Å². The van der Waals surface area contributed by atoms with Gasteiger partial charge in [0.15, 0.2) is 5.78 Å². The van der Waals surface area contributed by atoms with Gasteiger partial charge in [-0.1, -0.05) is 23.7 Å². The Morgan fingerprint density at radius 2 is 2.20 bits per heavy atom. The van der Waals surface area contributed by atoms with E-state index in [1.807, 2.05) is 0 Å². The molecule has 1 aromatic carbocycles. The Bertz CT molecular complexity index is 913. The lowest BCUT2D eigenvalue weighted by Gasteiger charge is -2.24. The zero-order valence-electron chi connectivity index (χ0n) is 13.6. The van der Waals surface area contributed by atoms with Gasteiger partial charge in [0.05, 0.1) is 22.0 Å². The van der Waals surface area contributed by atoms with E-state index in [0.29, 0.717) is 17.2 Å². The first-order valence-corrected chi connectivity index (χ1v) is 9.51. The Morgan fingerprint density at radius 3 is 2.92 bits per heavy atom. The Hall–Kier alpha value is -1.58. The van der Waals surface area contributed by atoms with Gasteiger partial charge in [-0.2, -0.15) is 4.31 Å². The predicted molar refractivity (Wildman–Crippen MR) is 93.6 cm³/mol. The Kier molecular flexibility index (Phi) is 5.08. The first-order chi connectivity index (χ1) is 11.9. The van der Waals surface area contributed by atoms with Crippen molar-refractivity contribution >= 4 is 38.2 Å². The fraction of sp³-hybridized carbons (Fsp3) is 0.375. The number of aromatic nitrogens is 1. The molecule has 9 heteroatoms. The number of halogens is 1. The highest BCUT2D eigenvalue weighted by Crippen LogP contribution is 2.34. The van der Waals surface area contributed by atoms with Crippen molar-refractivity contribution in [2.45, 2.75) is 17.5 Å². The summed E-state index contributed by atoms with van der Waals surface area (Å²) in [6, 6.07) is 4.85. The number of ketones is 1. The number of fused-ring (bicyclic) bond motifs is 1. The second kappa shape index (κ2) is 6.97. The molecular formula is C16H18ClN3O4S. The SMILES string of the molecule is COCC(=O)C1CCN(S(=O)(=O)c2cccc3cncc(Cl)c23)[C@H]1N. The molecule has 2 N–H and O–H groups in total. The predicted octanol–water partition coefficient (Wildman–Crippen LogP) is 1.40. The average Bonchev–Trinajstić information content (AvgIpc) is 2.97. The van der Waals surface area contributed by atoms with Crippen LogP contribution in [0.15, 0.2) is 35.5 Å². The van der Waals surface area contributed by atoms with Gasteiger partial charge in [0.2, 0.25) is 10.0 Å². The minimum atomic E-state index is -3.92. The topological polar surface area (TPSA) is 103 Å². The van der Waals surface area contributed by atoms with E-state index in [9.17, 15) is 13.2 Å². The first-order valence-electron chi connectivity index (χ1n) is 7.69. The van der Waals surface area contributed by atoms with Crippen LogP contribution in [0.25, 0.3) is 10.8 Å². The third-order valence-electron chi connectivity index (χ3n) is 4.39. The quantitative estimate of drug-likeness (QED) is 0.837. The zero-order valence-corrected chi connectivity index (χ0v) is 15.1. The third kappa shape index (κ3) is 3.16. The number of carbonyl (C=O) groups is 1. The maximum atomic E-state index is 13.2. The molecule has 1 aliphatic heterocycles. The fourth-order valence-electron chi connectivity index (χ4n) is 3.17. The van der Waals surface area contributed by atoms with Gasteiger partial charge in [-0.05, 0) is 12.5 Å². The number of benzene rings is 1. The van der Waals surface area contributed by atoms with E-state index in [1.165, 1.54) is 19.4 Å². The number of nitrogens with zero attached hydrogens (tertiary/aromatic N) is 2. The summed E-state index contributed by atoms with van der Waals surface area (Å²) in [5, 5.41) is 1.27. The van der Waals surface area contributed by atoms with Crippen molar-refractivity contribution in [1.29, 1.82) is 0 Å². The summed E-state index contributed by atoms with van der Waals surface area (Å²) < 4.78 is 32.3. The second-order valence-electron chi connectivity index (χ2n) is 5.88. The summed E-state index contributed by atoms with van der Waals surface area (Å²) in [7, 11) is -2.50. The maximum absolute atomic E-state index is 13.2. The normalized spacial score (nSPS) is 21.7. The molecule has 2 heterocycles. The number of ether oxygens (including phenoxy) is 1. The summed E-state index contributed by atoms with van der Waals surface area (Å²) in [4.78, 5) is 16.1. The van der Waals surface area contributed by atoms with Crippen LogP contribution in [0.5, 0.6) is 0 Å². The number of carbonyl (C=O) groups excluding carboxylic acids is 1. The molecule has 1 unspecified atom stereocenters. The Labute approximate surface area is 150 Å². The van der Waals surface area contributed by atoms with Crippen molar-refractivity contribution in [2.24, 2.45) is 11.7 Å². The molecule has 0 saturated carbocycles. The summed E-state index contributed by atoms with van der Waals surface area (Å²) in [6.45, 7) is 0.0841. The lowest BCUT2D eigenvalue weighted by Crippen LogP contribution is -2.46. The number of pyridine rings is 1. The summed E-state index contributed by atoms with van der Waals surface area (Å²) in [5.41, 5.74) is 6.09. The van der Waals surface area contributed by atoms with Gasteiger partial charge in [0.1, 0.15) is 6.61 Å². The molecule has 25 heavy (non-hydrogen) atoms. The molecule has 0 aliphatic carbocycles. The molecule has 1 saturated heterocycles. The minimum absolute atomic E-state index is 0.0627. The van der Waals surface area contributed by atoms with Crippen molar-refractivity contribution in [3.05, 3.63) is 35.6 Å². The van der Waals surface area contributed by atoms with Crippen molar-refractivity contribution in [3.8, 4) is 0 Å². The zero-order chi connectivity index (χ0) is 18.2. The Morgan fingerprint density at radius 1 is 1.44 bits per heavy atom. The number of rotatable bonds is 5. The van der Waals surface area contributed by atoms with E-state index in [1.54, 1.807) is 18.3 Å². The molecule has 1 aromatic heterocycles. The van der Waals surface area contributed by atoms with Gasteiger partial charge in [-0.15, -0.1) is 0 Å². The first kappa shape index (κ1) is 18.2. The minimum Gasteiger partial charge on any atom is -0.377 e. The summed E-state index contributed by atoms with van der Waals surface area (Å²) >= 11 is 6.18. The van der Waals surface area contributed by atoms with Crippen LogP contribution in [0.4, 0.5) is 0 Å². The fourth-order valence-corrected chi connectivity index (χ4v) is 5.29. The molecule has 7 nitrogen and oxygen atoms in total. The highest BCUT2D eigenvalue weighted by molar-refractivity contribution is 7.89. The molecule has 2 aromatic rings. The molecule has 1 fully saturated rings. The van der Waals surface area contributed by atoms with Gasteiger partial charge in [-0.3, -0.25) is 9.78 Å². The maximum Gasteiger partial charge on any atom is 0.245 e. The van der Waals surface area contributed by atoms with Gasteiger partial charge in [0, 0.05) is 36.8 Å². The highest BCUT2D eigenvalue weighted by Gasteiger charge is 2.43. The second-order valence-corrected chi connectivity index (χ2v) is 8.14. The smallest absolute Gasteiger partial charge is 0.245 e. The van der Waals surface area contributed by atoms with Crippen LogP contribution in [0, 0.1) is 5.92 Å². The number of hydrogen-bond acceptors (Lipinski definition) is 6. The largest absolute Gasteiger partial charge is 0.377 e. The van der Waals surface area contributed by atoms with Crippen LogP contribution in [-0.4, -0.2) is 49.9 Å². The van der Waals surface area contributed by atoms with E-state index in [4.69, 9.17) is 22.1 Å².